The summed E-state index contributed by atoms with van der Waals surface area (Å²) in [5.74, 6) is -9.06. The SMILES string of the molecule is COC(=O)CC(F)(F)c1cc(NC(=O)c2cc(C(F)(F)F)c(C3CC3)cc2Oc2ccc(F)cc2C)ccc1F. The predicted molar refractivity (Wildman–Crippen MR) is 130 cm³/mol. The largest absolute Gasteiger partial charge is 0.469 e. The van der Waals surface area contributed by atoms with Gasteiger partial charge in [0.2, 0.25) is 0 Å². The monoisotopic (exact) mass is 569 g/mol. The summed E-state index contributed by atoms with van der Waals surface area (Å²) < 4.78 is 109. The lowest BCUT2D eigenvalue weighted by Crippen LogP contribution is -2.22. The minimum Gasteiger partial charge on any atom is -0.469 e. The van der Waals surface area contributed by atoms with Crippen molar-refractivity contribution in [2.24, 2.45) is 0 Å². The molecule has 1 saturated carbocycles. The quantitative estimate of drug-likeness (QED) is 0.222. The molecule has 5 nitrogen and oxygen atoms in total. The summed E-state index contributed by atoms with van der Waals surface area (Å²) in [6.45, 7) is 1.50. The normalized spacial score (nSPS) is 13.6. The number of ether oxygens (including phenoxy) is 2. The Balaban J connectivity index is 1.75. The molecule has 40 heavy (non-hydrogen) atoms. The molecule has 1 amide bonds. The van der Waals surface area contributed by atoms with Crippen molar-refractivity contribution in [3.8, 4) is 11.5 Å². The van der Waals surface area contributed by atoms with Gasteiger partial charge < -0.3 is 14.8 Å². The van der Waals surface area contributed by atoms with E-state index in [2.05, 4.69) is 10.1 Å². The standard InChI is InChI=1S/C28H22F7NO4/c1-14-9-16(29)5-8-23(14)40-24-12-18(15-3-4-15)20(28(33,34)35)11-19(24)26(38)36-17-6-7-22(30)21(10-17)27(31,32)13-25(37)39-2/h5-12,15H,3-4,13H2,1-2H3,(H,36,38). The number of aryl methyl sites for hydroxylation is 1. The van der Waals surface area contributed by atoms with Crippen molar-refractivity contribution >= 4 is 17.6 Å². The topological polar surface area (TPSA) is 64.6 Å². The van der Waals surface area contributed by atoms with E-state index in [9.17, 15) is 40.3 Å². The average Bonchev–Trinajstić information content (AvgIpc) is 3.71. The van der Waals surface area contributed by atoms with Crippen LogP contribution >= 0.6 is 0 Å². The van der Waals surface area contributed by atoms with E-state index >= 15 is 0 Å². The highest BCUT2D eigenvalue weighted by Crippen LogP contribution is 2.48. The van der Waals surface area contributed by atoms with Gasteiger partial charge in [-0.1, -0.05) is 0 Å². The molecule has 212 valence electrons. The molecule has 0 heterocycles. The van der Waals surface area contributed by atoms with Crippen LogP contribution in [-0.2, 0) is 21.6 Å². The first-order valence-electron chi connectivity index (χ1n) is 11.9. The van der Waals surface area contributed by atoms with Crippen molar-refractivity contribution < 1.29 is 49.8 Å². The van der Waals surface area contributed by atoms with Crippen molar-refractivity contribution in [1.82, 2.24) is 0 Å². The number of hydrogen-bond acceptors (Lipinski definition) is 4. The van der Waals surface area contributed by atoms with Crippen LogP contribution in [0.5, 0.6) is 11.5 Å². The molecule has 3 aromatic rings. The molecule has 1 N–H and O–H groups in total. The van der Waals surface area contributed by atoms with Crippen molar-refractivity contribution in [3.63, 3.8) is 0 Å². The number of halogens is 7. The Labute approximate surface area is 223 Å². The molecular formula is C28H22F7NO4. The van der Waals surface area contributed by atoms with E-state index in [1.165, 1.54) is 13.0 Å². The van der Waals surface area contributed by atoms with E-state index in [1.54, 1.807) is 0 Å². The van der Waals surface area contributed by atoms with Crippen LogP contribution in [0.1, 0.15) is 57.8 Å². The molecule has 0 saturated heterocycles. The maximum absolute atomic E-state index is 14.6. The van der Waals surface area contributed by atoms with Crippen molar-refractivity contribution in [2.45, 2.75) is 44.2 Å². The fourth-order valence-corrected chi connectivity index (χ4v) is 4.11. The zero-order valence-corrected chi connectivity index (χ0v) is 21.1. The minimum absolute atomic E-state index is 0.0727. The Hall–Kier alpha value is -4.09. The Kier molecular flexibility index (Phi) is 7.82. The number of esters is 1. The van der Waals surface area contributed by atoms with Crippen LogP contribution in [-0.4, -0.2) is 19.0 Å². The van der Waals surface area contributed by atoms with Gasteiger partial charge in [0.25, 0.3) is 11.8 Å². The number of benzene rings is 3. The molecule has 0 aromatic heterocycles. The summed E-state index contributed by atoms with van der Waals surface area (Å²) in [6, 6.07) is 7.27. The van der Waals surface area contributed by atoms with E-state index in [0.717, 1.165) is 31.4 Å². The lowest BCUT2D eigenvalue weighted by atomic mass is 9.98. The van der Waals surface area contributed by atoms with Crippen molar-refractivity contribution in [2.75, 3.05) is 12.4 Å². The lowest BCUT2D eigenvalue weighted by Gasteiger charge is -2.20. The number of hydrogen-bond donors (Lipinski definition) is 1. The molecule has 1 aliphatic carbocycles. The van der Waals surface area contributed by atoms with E-state index in [4.69, 9.17) is 4.74 Å². The summed E-state index contributed by atoms with van der Waals surface area (Å²) >= 11 is 0. The Morgan fingerprint density at radius 1 is 0.925 bits per heavy atom. The molecule has 0 atom stereocenters. The maximum Gasteiger partial charge on any atom is 0.416 e. The second-order valence-corrected chi connectivity index (χ2v) is 9.33. The Bertz CT molecular complexity index is 1470. The number of alkyl halides is 5. The van der Waals surface area contributed by atoms with Crippen LogP contribution in [0.4, 0.5) is 36.4 Å². The number of methoxy groups -OCH3 is 1. The molecule has 0 unspecified atom stereocenters. The summed E-state index contributed by atoms with van der Waals surface area (Å²) in [5.41, 5.74) is -3.04. The third-order valence-corrected chi connectivity index (χ3v) is 6.29. The Morgan fingerprint density at radius 2 is 1.62 bits per heavy atom. The summed E-state index contributed by atoms with van der Waals surface area (Å²) in [4.78, 5) is 24.6. The van der Waals surface area contributed by atoms with Gasteiger partial charge in [0.05, 0.1) is 23.8 Å². The molecule has 0 spiro atoms. The first-order valence-corrected chi connectivity index (χ1v) is 11.9. The smallest absolute Gasteiger partial charge is 0.416 e. The fraction of sp³-hybridized carbons (Fsp3) is 0.286. The lowest BCUT2D eigenvalue weighted by molar-refractivity contribution is -0.149. The molecule has 12 heteroatoms. The number of carbonyl (C=O) groups excluding carboxylic acids is 2. The van der Waals surface area contributed by atoms with Crippen LogP contribution < -0.4 is 10.1 Å². The van der Waals surface area contributed by atoms with Gasteiger partial charge in [-0.3, -0.25) is 9.59 Å². The van der Waals surface area contributed by atoms with Gasteiger partial charge in [-0.2, -0.15) is 13.2 Å². The van der Waals surface area contributed by atoms with Crippen molar-refractivity contribution in [1.29, 1.82) is 0 Å². The van der Waals surface area contributed by atoms with Crippen LogP contribution in [0.25, 0.3) is 0 Å². The second kappa shape index (κ2) is 10.8. The number of anilines is 1. The third-order valence-electron chi connectivity index (χ3n) is 6.29. The highest BCUT2D eigenvalue weighted by Gasteiger charge is 2.41. The minimum atomic E-state index is -4.82. The van der Waals surface area contributed by atoms with Gasteiger partial charge >= 0.3 is 12.1 Å². The molecular weight excluding hydrogens is 547 g/mol. The van der Waals surface area contributed by atoms with Gasteiger partial charge in [-0.05, 0) is 85.3 Å². The fourth-order valence-electron chi connectivity index (χ4n) is 4.11. The second-order valence-electron chi connectivity index (χ2n) is 9.33. The van der Waals surface area contributed by atoms with Crippen LogP contribution in [0.2, 0.25) is 0 Å². The van der Waals surface area contributed by atoms with Crippen molar-refractivity contribution in [3.05, 3.63) is 88.0 Å². The average molecular weight is 569 g/mol. The summed E-state index contributed by atoms with van der Waals surface area (Å²) in [6.07, 6.45) is -5.30. The summed E-state index contributed by atoms with van der Waals surface area (Å²) in [5, 5.41) is 2.20. The van der Waals surface area contributed by atoms with Gasteiger partial charge in [-0.15, -0.1) is 0 Å². The first kappa shape index (κ1) is 28.9. The summed E-state index contributed by atoms with van der Waals surface area (Å²) in [7, 11) is 0.877. The predicted octanol–water partition coefficient (Wildman–Crippen LogP) is 7.87. The van der Waals surface area contributed by atoms with Gasteiger partial charge in [0.15, 0.2) is 0 Å². The van der Waals surface area contributed by atoms with E-state index in [0.29, 0.717) is 36.6 Å². The maximum atomic E-state index is 14.6. The molecule has 1 fully saturated rings. The van der Waals surface area contributed by atoms with Gasteiger partial charge in [0.1, 0.15) is 29.6 Å². The highest BCUT2D eigenvalue weighted by molar-refractivity contribution is 6.06. The molecule has 3 aromatic carbocycles. The third kappa shape index (κ3) is 6.37. The van der Waals surface area contributed by atoms with E-state index < -0.39 is 64.6 Å². The molecule has 4 rings (SSSR count). The van der Waals surface area contributed by atoms with Crippen LogP contribution in [0, 0.1) is 18.6 Å². The Morgan fingerprint density at radius 3 is 2.23 bits per heavy atom. The van der Waals surface area contributed by atoms with E-state index in [-0.39, 0.29) is 22.7 Å². The van der Waals surface area contributed by atoms with Crippen LogP contribution in [0.15, 0.2) is 48.5 Å². The number of amides is 1. The van der Waals surface area contributed by atoms with E-state index in [1.807, 2.05) is 0 Å². The molecule has 0 bridgehead atoms. The zero-order valence-electron chi connectivity index (χ0n) is 21.1. The number of nitrogens with one attached hydrogen (secondary N) is 1. The number of carbonyl (C=O) groups is 2. The number of rotatable bonds is 8. The molecule has 1 aliphatic rings. The highest BCUT2D eigenvalue weighted by atomic mass is 19.4. The first-order chi connectivity index (χ1) is 18.7. The molecule has 0 aliphatic heterocycles. The van der Waals surface area contributed by atoms with Gasteiger partial charge in [0, 0.05) is 5.69 Å². The zero-order chi connectivity index (χ0) is 29.4. The molecule has 0 radical (unpaired) electrons. The van der Waals surface area contributed by atoms with Crippen LogP contribution in [0.3, 0.4) is 0 Å². The van der Waals surface area contributed by atoms with Gasteiger partial charge in [-0.25, -0.2) is 17.6 Å².